The maximum Gasteiger partial charge on any atom is 0.472 e. The summed E-state index contributed by atoms with van der Waals surface area (Å²) in [7, 11) is -9.91. The molecule has 0 rings (SSSR count). The van der Waals surface area contributed by atoms with Crippen LogP contribution in [0.5, 0.6) is 0 Å². The fraction of sp³-hybridized carbons (Fsp3) is 0.947. The van der Waals surface area contributed by atoms with Crippen molar-refractivity contribution < 1.29 is 80.2 Å². The van der Waals surface area contributed by atoms with Gasteiger partial charge in [-0.2, -0.15) is 0 Å². The number of ether oxygens (including phenoxy) is 4. The second-order valence-corrected chi connectivity index (χ2v) is 30.9. The van der Waals surface area contributed by atoms with Gasteiger partial charge in [-0.25, -0.2) is 9.13 Å². The molecule has 2 unspecified atom stereocenters. The predicted octanol–water partition coefficient (Wildman–Crippen LogP) is 21.9. The molecule has 0 aromatic rings. The zero-order chi connectivity index (χ0) is 69.3. The van der Waals surface area contributed by atoms with E-state index in [9.17, 15) is 43.2 Å². The van der Waals surface area contributed by atoms with Gasteiger partial charge in [0.1, 0.15) is 19.3 Å². The average molecular weight is 1380 g/mol. The highest BCUT2D eigenvalue weighted by Crippen LogP contribution is 2.45. The number of esters is 4. The summed E-state index contributed by atoms with van der Waals surface area (Å²) in [5, 5.41) is 10.6. The quantitative estimate of drug-likeness (QED) is 0.0222. The molecular formula is C75H146O17P2. The minimum Gasteiger partial charge on any atom is -0.462 e. The molecule has 0 radical (unpaired) electrons. The summed E-state index contributed by atoms with van der Waals surface area (Å²) in [6.07, 6.45) is 54.4. The van der Waals surface area contributed by atoms with Crippen molar-refractivity contribution in [3.8, 4) is 0 Å². The van der Waals surface area contributed by atoms with Crippen molar-refractivity contribution in [1.82, 2.24) is 0 Å². The molecule has 3 N–H and O–H groups in total. The summed E-state index contributed by atoms with van der Waals surface area (Å²) in [5.41, 5.74) is 0. The van der Waals surface area contributed by atoms with Crippen LogP contribution in [0.25, 0.3) is 0 Å². The zero-order valence-corrected chi connectivity index (χ0v) is 63.1. The number of carbonyl (C=O) groups is 4. The lowest BCUT2D eigenvalue weighted by molar-refractivity contribution is -0.161. The Labute approximate surface area is 575 Å². The maximum absolute atomic E-state index is 13.1. The van der Waals surface area contributed by atoms with Gasteiger partial charge in [0, 0.05) is 25.7 Å². The SMILES string of the molecule is CCCCCCCCCCCCCCCCCCCCCCCC(=O)O[C@H](COC(=O)CCCCCCCCCCCC(C)C)COP(=O)(O)OC[C@@H](O)COP(=O)(O)OC[C@@H](COC(=O)CCCCCCCCC(C)C)OC(=O)CCCCCCCCCCCCCC. The standard InChI is InChI=1S/C75H146O17P2/c1-7-9-11-13-15-17-19-21-22-23-24-25-26-27-28-29-31-35-40-48-54-60-75(80)91-70(63-85-72(77)57-51-45-38-36-32-33-37-43-49-55-67(3)4)65-89-93(81,82)87-61-69(76)62-88-94(83,84)90-66-71(64-86-73(78)58-52-46-42-41-44-50-56-68(5)6)92-74(79)59-53-47-39-34-30-20-18-16-14-12-10-8-2/h67-71,76H,7-66H2,1-6H3,(H,81,82)(H,83,84)/t69-,70-,71-/m1/s1. The molecule has 0 amide bonds. The van der Waals surface area contributed by atoms with Crippen molar-refractivity contribution in [2.24, 2.45) is 11.8 Å². The van der Waals surface area contributed by atoms with Gasteiger partial charge in [-0.15, -0.1) is 0 Å². The maximum atomic E-state index is 13.1. The van der Waals surface area contributed by atoms with E-state index in [2.05, 4.69) is 41.5 Å². The Morgan fingerprint density at radius 3 is 0.723 bits per heavy atom. The largest absolute Gasteiger partial charge is 0.472 e. The number of phosphoric ester groups is 2. The summed E-state index contributed by atoms with van der Waals surface area (Å²) < 4.78 is 68.4. The normalized spacial score (nSPS) is 14.0. The number of hydrogen-bond donors (Lipinski definition) is 3. The van der Waals surface area contributed by atoms with Gasteiger partial charge in [-0.05, 0) is 37.5 Å². The van der Waals surface area contributed by atoms with E-state index >= 15 is 0 Å². The van der Waals surface area contributed by atoms with Crippen LogP contribution in [0.4, 0.5) is 0 Å². The fourth-order valence-electron chi connectivity index (χ4n) is 11.5. The van der Waals surface area contributed by atoms with Gasteiger partial charge >= 0.3 is 39.5 Å². The van der Waals surface area contributed by atoms with Crippen LogP contribution in [-0.2, 0) is 65.4 Å². The number of rotatable bonds is 74. The number of aliphatic hydroxyl groups excluding tert-OH is 1. The topological polar surface area (TPSA) is 237 Å². The highest BCUT2D eigenvalue weighted by Gasteiger charge is 2.30. The molecule has 0 saturated heterocycles. The predicted molar refractivity (Wildman–Crippen MR) is 381 cm³/mol. The van der Waals surface area contributed by atoms with Crippen molar-refractivity contribution in [2.75, 3.05) is 39.6 Å². The summed E-state index contributed by atoms with van der Waals surface area (Å²) in [6.45, 7) is 9.48. The van der Waals surface area contributed by atoms with Crippen LogP contribution in [0.15, 0.2) is 0 Å². The van der Waals surface area contributed by atoms with E-state index in [1.165, 1.54) is 199 Å². The van der Waals surface area contributed by atoms with Gasteiger partial charge in [-0.1, -0.05) is 337 Å². The molecular weight excluding hydrogens is 1230 g/mol. The molecule has 0 aromatic heterocycles. The highest BCUT2D eigenvalue weighted by atomic mass is 31.2. The van der Waals surface area contributed by atoms with E-state index in [4.69, 9.17) is 37.0 Å². The monoisotopic (exact) mass is 1380 g/mol. The Balaban J connectivity index is 5.18. The van der Waals surface area contributed by atoms with E-state index < -0.39 is 97.5 Å². The number of carbonyl (C=O) groups excluding carboxylic acids is 4. The zero-order valence-electron chi connectivity index (χ0n) is 61.3. The van der Waals surface area contributed by atoms with Crippen molar-refractivity contribution in [1.29, 1.82) is 0 Å². The summed E-state index contributed by atoms with van der Waals surface area (Å²) in [6, 6.07) is 0. The first-order chi connectivity index (χ1) is 45.4. The molecule has 0 fully saturated rings. The second kappa shape index (κ2) is 66.9. The molecule has 0 bridgehead atoms. The van der Waals surface area contributed by atoms with E-state index in [1.54, 1.807) is 0 Å². The highest BCUT2D eigenvalue weighted by molar-refractivity contribution is 7.47. The molecule has 94 heavy (non-hydrogen) atoms. The fourth-order valence-corrected chi connectivity index (χ4v) is 13.1. The lowest BCUT2D eigenvalue weighted by atomic mass is 10.0. The molecule has 0 aliphatic rings. The number of aliphatic hydroxyl groups is 1. The molecule has 0 spiro atoms. The minimum absolute atomic E-state index is 0.106. The molecule has 0 saturated carbocycles. The second-order valence-electron chi connectivity index (χ2n) is 28.0. The molecule has 5 atom stereocenters. The van der Waals surface area contributed by atoms with E-state index in [0.29, 0.717) is 31.6 Å². The summed E-state index contributed by atoms with van der Waals surface area (Å²) in [4.78, 5) is 72.7. The average Bonchev–Trinajstić information content (AvgIpc) is 1.38. The van der Waals surface area contributed by atoms with Crippen molar-refractivity contribution in [2.45, 2.75) is 407 Å². The van der Waals surface area contributed by atoms with Gasteiger partial charge < -0.3 is 33.8 Å². The first-order valence-corrected chi connectivity index (χ1v) is 42.0. The molecule has 0 aliphatic carbocycles. The molecule has 17 nitrogen and oxygen atoms in total. The molecule has 0 aliphatic heterocycles. The Hall–Kier alpha value is -1.94. The van der Waals surface area contributed by atoms with Crippen LogP contribution >= 0.6 is 15.6 Å². The van der Waals surface area contributed by atoms with Gasteiger partial charge in [-0.3, -0.25) is 37.3 Å². The van der Waals surface area contributed by atoms with E-state index in [1.807, 2.05) is 0 Å². The number of phosphoric acid groups is 2. The summed E-state index contributed by atoms with van der Waals surface area (Å²) >= 11 is 0. The van der Waals surface area contributed by atoms with Crippen molar-refractivity contribution in [3.05, 3.63) is 0 Å². The smallest absolute Gasteiger partial charge is 0.462 e. The third kappa shape index (κ3) is 68.6. The molecule has 0 aromatic carbocycles. The summed E-state index contributed by atoms with van der Waals surface area (Å²) in [5.74, 6) is -0.697. The van der Waals surface area contributed by atoms with Gasteiger partial charge in [0.05, 0.1) is 26.4 Å². The Morgan fingerprint density at radius 1 is 0.287 bits per heavy atom. The minimum atomic E-state index is -4.96. The lowest BCUT2D eigenvalue weighted by Crippen LogP contribution is -2.30. The van der Waals surface area contributed by atoms with Crippen LogP contribution < -0.4 is 0 Å². The number of hydrogen-bond acceptors (Lipinski definition) is 15. The van der Waals surface area contributed by atoms with E-state index in [-0.39, 0.29) is 25.7 Å². The van der Waals surface area contributed by atoms with Crippen molar-refractivity contribution >= 4 is 39.5 Å². The van der Waals surface area contributed by atoms with Crippen LogP contribution in [0.2, 0.25) is 0 Å². The van der Waals surface area contributed by atoms with Gasteiger partial charge in [0.2, 0.25) is 0 Å². The third-order valence-corrected chi connectivity index (χ3v) is 19.4. The lowest BCUT2D eigenvalue weighted by Gasteiger charge is -2.21. The van der Waals surface area contributed by atoms with Gasteiger partial charge in [0.15, 0.2) is 12.2 Å². The van der Waals surface area contributed by atoms with Gasteiger partial charge in [0.25, 0.3) is 0 Å². The van der Waals surface area contributed by atoms with Crippen LogP contribution in [0, 0.1) is 11.8 Å². The molecule has 19 heteroatoms. The number of unbranched alkanes of at least 4 members (excludes halogenated alkanes) is 44. The van der Waals surface area contributed by atoms with Crippen molar-refractivity contribution in [3.63, 3.8) is 0 Å². The molecule has 558 valence electrons. The molecule has 0 heterocycles. The van der Waals surface area contributed by atoms with Crippen LogP contribution in [0.3, 0.4) is 0 Å². The Kier molecular flexibility index (Phi) is 65.5. The van der Waals surface area contributed by atoms with Crippen LogP contribution in [0.1, 0.15) is 388 Å². The Bertz CT molecular complexity index is 1820. The van der Waals surface area contributed by atoms with E-state index in [0.717, 1.165) is 102 Å². The third-order valence-electron chi connectivity index (χ3n) is 17.5. The first-order valence-electron chi connectivity index (χ1n) is 39.0. The Morgan fingerprint density at radius 2 is 0.489 bits per heavy atom. The first kappa shape index (κ1) is 92.1. The van der Waals surface area contributed by atoms with Crippen LogP contribution in [-0.4, -0.2) is 96.7 Å².